The Labute approximate surface area is 111 Å². The smallest absolute Gasteiger partial charge is 0.276 e. The van der Waals surface area contributed by atoms with E-state index < -0.39 is 0 Å². The number of ether oxygens (including phenoxy) is 1. The van der Waals surface area contributed by atoms with E-state index in [1.54, 1.807) is 4.90 Å². The molecule has 7 nitrogen and oxygen atoms in total. The van der Waals surface area contributed by atoms with Gasteiger partial charge in [0, 0.05) is 13.1 Å². The maximum absolute atomic E-state index is 12.3. The van der Waals surface area contributed by atoms with Gasteiger partial charge in [0.05, 0.1) is 30.7 Å². The topological polar surface area (TPSA) is 104 Å². The van der Waals surface area contributed by atoms with Gasteiger partial charge in [0.1, 0.15) is 0 Å². The van der Waals surface area contributed by atoms with Crippen molar-refractivity contribution in [1.29, 1.82) is 0 Å². The van der Waals surface area contributed by atoms with Crippen molar-refractivity contribution in [1.82, 2.24) is 15.1 Å². The van der Waals surface area contributed by atoms with Crippen LogP contribution in [0.2, 0.25) is 0 Å². The van der Waals surface area contributed by atoms with E-state index in [1.165, 1.54) is 0 Å². The minimum Gasteiger partial charge on any atom is -0.395 e. The zero-order chi connectivity index (χ0) is 14.0. The van der Waals surface area contributed by atoms with Crippen LogP contribution in [0.5, 0.6) is 0 Å². The highest BCUT2D eigenvalue weighted by atomic mass is 16.5. The molecular formula is C12H20N4O3. The number of aliphatic hydroxyl groups is 1. The Morgan fingerprint density at radius 2 is 2.42 bits per heavy atom. The number of aromatic nitrogens is 2. The number of anilines is 1. The fourth-order valence-corrected chi connectivity index (χ4v) is 2.13. The van der Waals surface area contributed by atoms with Crippen LogP contribution in [0.15, 0.2) is 0 Å². The highest BCUT2D eigenvalue weighted by Crippen LogP contribution is 2.23. The summed E-state index contributed by atoms with van der Waals surface area (Å²) in [4.78, 5) is 14.0. The number of amides is 1. The molecule has 0 aliphatic carbocycles. The Balaban J connectivity index is 2.15. The second kappa shape index (κ2) is 5.58. The van der Waals surface area contributed by atoms with Gasteiger partial charge in [-0.1, -0.05) is 13.8 Å². The summed E-state index contributed by atoms with van der Waals surface area (Å²) in [5.74, 6) is -0.0358. The number of nitrogen functional groups attached to an aromatic ring is 1. The first-order valence-electron chi connectivity index (χ1n) is 6.40. The molecule has 7 heteroatoms. The summed E-state index contributed by atoms with van der Waals surface area (Å²) in [6, 6.07) is 0. The SMILES string of the molecule is CC(C)c1[nH]nc(C(=O)N2CCOC(CO)C2)c1N. The zero-order valence-corrected chi connectivity index (χ0v) is 11.2. The number of hydrogen-bond donors (Lipinski definition) is 3. The van der Waals surface area contributed by atoms with E-state index in [-0.39, 0.29) is 30.2 Å². The van der Waals surface area contributed by atoms with Crippen LogP contribution in [0.4, 0.5) is 5.69 Å². The summed E-state index contributed by atoms with van der Waals surface area (Å²) in [6.07, 6.45) is -0.331. The molecule has 1 aliphatic heterocycles. The normalized spacial score (nSPS) is 20.0. The minimum atomic E-state index is -0.331. The number of H-pyrrole nitrogens is 1. The molecule has 106 valence electrons. The Morgan fingerprint density at radius 3 is 3.00 bits per heavy atom. The Morgan fingerprint density at radius 1 is 1.68 bits per heavy atom. The highest BCUT2D eigenvalue weighted by Gasteiger charge is 2.28. The lowest BCUT2D eigenvalue weighted by molar-refractivity contribution is -0.0448. The lowest BCUT2D eigenvalue weighted by Crippen LogP contribution is -2.47. The van der Waals surface area contributed by atoms with Crippen molar-refractivity contribution < 1.29 is 14.6 Å². The first-order valence-corrected chi connectivity index (χ1v) is 6.40. The lowest BCUT2D eigenvalue weighted by atomic mass is 10.1. The standard InChI is InChI=1S/C12H20N4O3/c1-7(2)10-9(13)11(15-14-10)12(18)16-3-4-19-8(5-16)6-17/h7-8,17H,3-6,13H2,1-2H3,(H,14,15). The molecule has 0 radical (unpaired) electrons. The number of aromatic amines is 1. The van der Waals surface area contributed by atoms with Gasteiger partial charge in [0.15, 0.2) is 5.69 Å². The summed E-state index contributed by atoms with van der Waals surface area (Å²) in [6.45, 7) is 5.12. The van der Waals surface area contributed by atoms with E-state index in [9.17, 15) is 4.79 Å². The summed E-state index contributed by atoms with van der Waals surface area (Å²) < 4.78 is 5.31. The average Bonchev–Trinajstić information content (AvgIpc) is 2.80. The number of rotatable bonds is 3. The molecular weight excluding hydrogens is 248 g/mol. The fraction of sp³-hybridized carbons (Fsp3) is 0.667. The zero-order valence-electron chi connectivity index (χ0n) is 11.2. The molecule has 2 heterocycles. The average molecular weight is 268 g/mol. The monoisotopic (exact) mass is 268 g/mol. The van der Waals surface area contributed by atoms with E-state index in [0.29, 0.717) is 25.4 Å². The largest absolute Gasteiger partial charge is 0.395 e. The van der Waals surface area contributed by atoms with E-state index in [0.717, 1.165) is 5.69 Å². The van der Waals surface area contributed by atoms with Gasteiger partial charge in [-0.25, -0.2) is 0 Å². The summed E-state index contributed by atoms with van der Waals surface area (Å²) in [7, 11) is 0. The van der Waals surface area contributed by atoms with Crippen LogP contribution in [-0.2, 0) is 4.74 Å². The van der Waals surface area contributed by atoms with Gasteiger partial charge in [-0.15, -0.1) is 0 Å². The van der Waals surface area contributed by atoms with Crippen molar-refractivity contribution >= 4 is 11.6 Å². The Hall–Kier alpha value is -1.60. The summed E-state index contributed by atoms with van der Waals surface area (Å²) in [5.41, 5.74) is 7.39. The van der Waals surface area contributed by atoms with Gasteiger partial charge >= 0.3 is 0 Å². The molecule has 0 aromatic carbocycles. The number of aliphatic hydroxyl groups excluding tert-OH is 1. The molecule has 1 amide bonds. The van der Waals surface area contributed by atoms with Gasteiger partial charge in [0.2, 0.25) is 0 Å². The molecule has 1 saturated heterocycles. The fourth-order valence-electron chi connectivity index (χ4n) is 2.13. The first-order chi connectivity index (χ1) is 9.04. The number of nitrogens with two attached hydrogens (primary N) is 1. The third kappa shape index (κ3) is 2.71. The van der Waals surface area contributed by atoms with E-state index >= 15 is 0 Å². The molecule has 4 N–H and O–H groups in total. The number of hydrogen-bond acceptors (Lipinski definition) is 5. The number of morpholine rings is 1. The molecule has 1 fully saturated rings. The maximum atomic E-state index is 12.3. The maximum Gasteiger partial charge on any atom is 0.276 e. The van der Waals surface area contributed by atoms with Gasteiger partial charge < -0.3 is 20.5 Å². The van der Waals surface area contributed by atoms with Crippen LogP contribution in [0.25, 0.3) is 0 Å². The van der Waals surface area contributed by atoms with Crippen molar-refractivity contribution in [3.05, 3.63) is 11.4 Å². The van der Waals surface area contributed by atoms with E-state index in [1.807, 2.05) is 13.8 Å². The highest BCUT2D eigenvalue weighted by molar-refractivity contribution is 5.97. The molecule has 0 spiro atoms. The third-order valence-corrected chi connectivity index (χ3v) is 3.24. The van der Waals surface area contributed by atoms with Gasteiger partial charge in [0.25, 0.3) is 5.91 Å². The molecule has 2 rings (SSSR count). The number of nitrogens with one attached hydrogen (secondary N) is 1. The number of carbonyl (C=O) groups excluding carboxylic acids is 1. The second-order valence-corrected chi connectivity index (χ2v) is 4.98. The van der Waals surface area contributed by atoms with Crippen molar-refractivity contribution in [2.75, 3.05) is 32.0 Å². The van der Waals surface area contributed by atoms with Crippen LogP contribution in [-0.4, -0.2) is 58.5 Å². The molecule has 0 saturated carbocycles. The van der Waals surface area contributed by atoms with Gasteiger partial charge in [-0.05, 0) is 5.92 Å². The van der Waals surface area contributed by atoms with Crippen LogP contribution in [0.1, 0.15) is 35.9 Å². The molecule has 1 unspecified atom stereocenters. The Bertz CT molecular complexity index is 458. The van der Waals surface area contributed by atoms with Crippen LogP contribution < -0.4 is 5.73 Å². The molecule has 1 aromatic heterocycles. The van der Waals surface area contributed by atoms with Crippen molar-refractivity contribution in [3.63, 3.8) is 0 Å². The van der Waals surface area contributed by atoms with Gasteiger partial charge in [-0.2, -0.15) is 5.10 Å². The van der Waals surface area contributed by atoms with Gasteiger partial charge in [-0.3, -0.25) is 9.89 Å². The third-order valence-electron chi connectivity index (χ3n) is 3.24. The van der Waals surface area contributed by atoms with Crippen LogP contribution >= 0.6 is 0 Å². The van der Waals surface area contributed by atoms with E-state index in [4.69, 9.17) is 15.6 Å². The molecule has 1 aromatic rings. The first kappa shape index (κ1) is 13.8. The number of nitrogens with zero attached hydrogens (tertiary/aromatic N) is 2. The summed E-state index contributed by atoms with van der Waals surface area (Å²) >= 11 is 0. The predicted molar refractivity (Wildman–Crippen MR) is 69.8 cm³/mol. The molecule has 1 atom stereocenters. The predicted octanol–water partition coefficient (Wildman–Crippen LogP) is -0.0514. The molecule has 1 aliphatic rings. The quantitative estimate of drug-likeness (QED) is 0.713. The lowest BCUT2D eigenvalue weighted by Gasteiger charge is -2.31. The van der Waals surface area contributed by atoms with E-state index in [2.05, 4.69) is 10.2 Å². The number of carbonyl (C=O) groups is 1. The van der Waals surface area contributed by atoms with Crippen molar-refractivity contribution in [2.24, 2.45) is 0 Å². The second-order valence-electron chi connectivity index (χ2n) is 4.98. The van der Waals surface area contributed by atoms with Crippen LogP contribution in [0.3, 0.4) is 0 Å². The van der Waals surface area contributed by atoms with Crippen molar-refractivity contribution in [3.8, 4) is 0 Å². The molecule has 19 heavy (non-hydrogen) atoms. The van der Waals surface area contributed by atoms with Crippen molar-refractivity contribution in [2.45, 2.75) is 25.9 Å². The molecule has 0 bridgehead atoms. The minimum absolute atomic E-state index is 0.100. The Kier molecular flexibility index (Phi) is 4.06. The van der Waals surface area contributed by atoms with Crippen LogP contribution in [0, 0.1) is 0 Å². The summed E-state index contributed by atoms with van der Waals surface area (Å²) in [5, 5.41) is 15.9.